The summed E-state index contributed by atoms with van der Waals surface area (Å²) in [5, 5.41) is 13.2. The molecule has 7 nitrogen and oxygen atoms in total. The van der Waals surface area contributed by atoms with E-state index in [4.69, 9.17) is 14.5 Å². The zero-order valence-electron chi connectivity index (χ0n) is 19.5. The third-order valence-corrected chi connectivity index (χ3v) is 6.41. The van der Waals surface area contributed by atoms with Crippen molar-refractivity contribution in [2.24, 2.45) is 0 Å². The number of aliphatic carboxylic acids is 1. The lowest BCUT2D eigenvalue weighted by atomic mass is 10.1. The molecule has 2 aliphatic rings. The van der Waals surface area contributed by atoms with E-state index in [0.29, 0.717) is 19.8 Å². The second kappa shape index (κ2) is 11.5. The number of anilines is 1. The van der Waals surface area contributed by atoms with Gasteiger partial charge in [0.1, 0.15) is 17.6 Å². The number of pyridine rings is 1. The monoisotopic (exact) mass is 453 g/mol. The number of aryl methyl sites for hydroxylation is 2. The molecular weight excluding hydrogens is 418 g/mol. The Morgan fingerprint density at radius 3 is 2.88 bits per heavy atom. The van der Waals surface area contributed by atoms with E-state index in [1.807, 2.05) is 36.1 Å². The van der Waals surface area contributed by atoms with Crippen LogP contribution in [-0.4, -0.2) is 59.9 Å². The molecule has 0 bridgehead atoms. The Labute approximate surface area is 196 Å². The van der Waals surface area contributed by atoms with Crippen LogP contribution >= 0.6 is 0 Å². The van der Waals surface area contributed by atoms with Gasteiger partial charge in [0.15, 0.2) is 0 Å². The first-order valence-electron chi connectivity index (χ1n) is 12.2. The van der Waals surface area contributed by atoms with E-state index in [1.54, 1.807) is 0 Å². The molecule has 2 atom stereocenters. The topological polar surface area (TPSA) is 83.9 Å². The fraction of sp³-hybridized carbons (Fsp3) is 0.538. The highest BCUT2D eigenvalue weighted by atomic mass is 16.5. The predicted molar refractivity (Wildman–Crippen MR) is 128 cm³/mol. The Hall–Kier alpha value is -2.64. The summed E-state index contributed by atoms with van der Waals surface area (Å²) in [7, 11) is 0. The Bertz CT molecular complexity index is 918. The fourth-order valence-corrected chi connectivity index (χ4v) is 4.71. The normalized spacial score (nSPS) is 19.0. The van der Waals surface area contributed by atoms with Crippen molar-refractivity contribution in [1.29, 1.82) is 0 Å². The van der Waals surface area contributed by atoms with Crippen molar-refractivity contribution < 1.29 is 19.4 Å². The van der Waals surface area contributed by atoms with Gasteiger partial charge >= 0.3 is 5.97 Å². The van der Waals surface area contributed by atoms with E-state index < -0.39 is 12.0 Å². The molecule has 3 heterocycles. The second-order valence-electron chi connectivity index (χ2n) is 8.82. The molecule has 1 unspecified atom stereocenters. The number of nitrogens with zero attached hydrogens (tertiary/aromatic N) is 2. The zero-order chi connectivity index (χ0) is 23.0. The summed E-state index contributed by atoms with van der Waals surface area (Å²) in [5.41, 5.74) is 3.23. The van der Waals surface area contributed by atoms with Crippen molar-refractivity contribution in [3.05, 3.63) is 53.2 Å². The summed E-state index contributed by atoms with van der Waals surface area (Å²) < 4.78 is 11.6. The number of carboxylic acids is 1. The first kappa shape index (κ1) is 23.5. The first-order valence-corrected chi connectivity index (χ1v) is 12.2. The lowest BCUT2D eigenvalue weighted by molar-refractivity contribution is -0.143. The van der Waals surface area contributed by atoms with Gasteiger partial charge in [-0.3, -0.25) is 9.69 Å². The Morgan fingerprint density at radius 1 is 1.24 bits per heavy atom. The van der Waals surface area contributed by atoms with Crippen LogP contribution in [0.15, 0.2) is 36.4 Å². The summed E-state index contributed by atoms with van der Waals surface area (Å²) in [4.78, 5) is 18.8. The third-order valence-electron chi connectivity index (χ3n) is 6.41. The number of ether oxygens (including phenoxy) is 2. The van der Waals surface area contributed by atoms with Gasteiger partial charge in [-0.05, 0) is 74.8 Å². The molecule has 2 aliphatic heterocycles. The van der Waals surface area contributed by atoms with Gasteiger partial charge in [0.25, 0.3) is 0 Å². The van der Waals surface area contributed by atoms with E-state index in [1.165, 1.54) is 12.0 Å². The van der Waals surface area contributed by atoms with Crippen LogP contribution in [0.4, 0.5) is 5.82 Å². The van der Waals surface area contributed by atoms with Crippen LogP contribution in [0.5, 0.6) is 5.75 Å². The Morgan fingerprint density at radius 2 is 2.09 bits per heavy atom. The van der Waals surface area contributed by atoms with Crippen molar-refractivity contribution in [2.45, 2.75) is 57.6 Å². The maximum atomic E-state index is 12.0. The largest absolute Gasteiger partial charge is 0.494 e. The predicted octanol–water partition coefficient (Wildman–Crippen LogP) is 4.08. The molecule has 1 aromatic carbocycles. The van der Waals surface area contributed by atoms with Crippen LogP contribution in [0, 0.1) is 0 Å². The van der Waals surface area contributed by atoms with Crippen molar-refractivity contribution in [2.75, 3.05) is 38.2 Å². The molecule has 0 spiro atoms. The van der Waals surface area contributed by atoms with Gasteiger partial charge in [0.2, 0.25) is 0 Å². The molecule has 2 aromatic rings. The fourth-order valence-electron chi connectivity index (χ4n) is 4.71. The molecule has 4 rings (SSSR count). The number of hydrogen-bond acceptors (Lipinski definition) is 6. The molecule has 178 valence electrons. The Kier molecular flexibility index (Phi) is 8.18. The molecular formula is C26H35N3O4. The lowest BCUT2D eigenvalue weighted by Gasteiger charge is -2.24. The molecule has 0 radical (unpaired) electrons. The van der Waals surface area contributed by atoms with E-state index in [9.17, 15) is 9.90 Å². The molecule has 33 heavy (non-hydrogen) atoms. The molecule has 1 saturated heterocycles. The van der Waals surface area contributed by atoms with Gasteiger partial charge in [-0.15, -0.1) is 0 Å². The third kappa shape index (κ3) is 6.24. The van der Waals surface area contributed by atoms with Gasteiger partial charge in [-0.25, -0.2) is 4.98 Å². The molecule has 1 fully saturated rings. The number of nitrogens with one attached hydrogen (secondary N) is 1. The van der Waals surface area contributed by atoms with Crippen molar-refractivity contribution in [1.82, 2.24) is 9.88 Å². The minimum Gasteiger partial charge on any atom is -0.494 e. The summed E-state index contributed by atoms with van der Waals surface area (Å²) in [6.07, 6.45) is 6.20. The highest BCUT2D eigenvalue weighted by Crippen LogP contribution is 2.28. The van der Waals surface area contributed by atoms with Crippen molar-refractivity contribution in [3.63, 3.8) is 0 Å². The number of unbranched alkanes of at least 4 members (excludes halogenated alkanes) is 1. The number of fused-ring (bicyclic) bond motifs is 1. The first-order chi connectivity index (χ1) is 16.1. The molecule has 0 amide bonds. The van der Waals surface area contributed by atoms with Gasteiger partial charge in [-0.1, -0.05) is 18.2 Å². The second-order valence-corrected chi connectivity index (χ2v) is 8.82. The maximum Gasteiger partial charge on any atom is 0.325 e. The maximum absolute atomic E-state index is 12.0. The van der Waals surface area contributed by atoms with Gasteiger partial charge in [-0.2, -0.15) is 0 Å². The lowest BCUT2D eigenvalue weighted by Crippen LogP contribution is -2.33. The summed E-state index contributed by atoms with van der Waals surface area (Å²) in [6, 6.07) is 11.1. The van der Waals surface area contributed by atoms with Gasteiger partial charge in [0, 0.05) is 31.9 Å². The number of likely N-dealkylation sites (tertiary alicyclic amines) is 1. The van der Waals surface area contributed by atoms with Gasteiger partial charge in [0.05, 0.1) is 12.7 Å². The molecule has 0 aliphatic carbocycles. The molecule has 7 heteroatoms. The van der Waals surface area contributed by atoms with E-state index >= 15 is 0 Å². The highest BCUT2D eigenvalue weighted by Gasteiger charge is 2.33. The standard InChI is InChI=1S/C26H35N3O4/c1-2-32-22-12-9-19(10-13-22)24(26(30)31)29-16-14-23(18-29)33-17-4-3-7-21-11-8-20-6-5-15-27-25(20)28-21/h8-13,23-24H,2-7,14-18H2,1H3,(H,27,28)(H,30,31)/t23-,24?/m1/s1. The van der Waals surface area contributed by atoms with Gasteiger partial charge < -0.3 is 19.9 Å². The van der Waals surface area contributed by atoms with Crippen LogP contribution in [0.1, 0.15) is 55.5 Å². The van der Waals surface area contributed by atoms with Crippen LogP contribution in [-0.2, 0) is 22.4 Å². The Balaban J connectivity index is 1.20. The minimum absolute atomic E-state index is 0.0839. The number of carbonyl (C=O) groups is 1. The van der Waals surface area contributed by atoms with E-state index in [-0.39, 0.29) is 6.10 Å². The van der Waals surface area contributed by atoms with Crippen LogP contribution < -0.4 is 10.1 Å². The number of carboxylic acid groups (broad SMARTS) is 1. The van der Waals surface area contributed by atoms with Crippen LogP contribution in [0.25, 0.3) is 0 Å². The van der Waals surface area contributed by atoms with Crippen molar-refractivity contribution in [3.8, 4) is 5.75 Å². The summed E-state index contributed by atoms with van der Waals surface area (Å²) in [6.45, 7) is 5.59. The van der Waals surface area contributed by atoms with Crippen LogP contribution in [0.2, 0.25) is 0 Å². The zero-order valence-corrected chi connectivity index (χ0v) is 19.5. The molecule has 1 aromatic heterocycles. The SMILES string of the molecule is CCOc1ccc(C(C(=O)O)N2CC[C@@H](OCCCCc3ccc4c(n3)NCCC4)C2)cc1. The number of benzene rings is 1. The highest BCUT2D eigenvalue weighted by molar-refractivity contribution is 5.75. The minimum atomic E-state index is -0.827. The van der Waals surface area contributed by atoms with E-state index in [0.717, 1.165) is 68.0 Å². The number of aromatic nitrogens is 1. The van der Waals surface area contributed by atoms with E-state index in [2.05, 4.69) is 17.4 Å². The van der Waals surface area contributed by atoms with Crippen molar-refractivity contribution >= 4 is 11.8 Å². The smallest absolute Gasteiger partial charge is 0.325 e. The van der Waals surface area contributed by atoms with Crippen LogP contribution in [0.3, 0.4) is 0 Å². The average Bonchev–Trinajstić information content (AvgIpc) is 3.28. The molecule has 2 N–H and O–H groups in total. The summed E-state index contributed by atoms with van der Waals surface area (Å²) >= 11 is 0. The summed E-state index contributed by atoms with van der Waals surface area (Å²) in [5.74, 6) is 0.989. The number of rotatable bonds is 11. The average molecular weight is 454 g/mol. The number of hydrogen-bond donors (Lipinski definition) is 2. The quantitative estimate of drug-likeness (QED) is 0.496. The molecule has 0 saturated carbocycles.